The van der Waals surface area contributed by atoms with Gasteiger partial charge in [0, 0.05) is 17.3 Å². The van der Waals surface area contributed by atoms with E-state index < -0.39 is 0 Å². The first-order valence-corrected chi connectivity index (χ1v) is 7.72. The summed E-state index contributed by atoms with van der Waals surface area (Å²) in [6.45, 7) is 4.24. The molecule has 116 valence electrons. The molecule has 0 spiro atoms. The quantitative estimate of drug-likeness (QED) is 0.849. The van der Waals surface area contributed by atoms with E-state index in [2.05, 4.69) is 5.32 Å². The number of aliphatic hydroxyl groups is 1. The lowest BCUT2D eigenvalue weighted by atomic mass is 10.1. The normalized spacial score (nSPS) is 17.6. The summed E-state index contributed by atoms with van der Waals surface area (Å²) >= 11 is 6.06. The van der Waals surface area contributed by atoms with Crippen LogP contribution in [-0.2, 0) is 4.79 Å². The third-order valence-electron chi connectivity index (χ3n) is 4.21. The monoisotopic (exact) mass is 310 g/mol. The molecule has 1 amide bonds. The van der Waals surface area contributed by atoms with Crippen molar-refractivity contribution in [2.45, 2.75) is 38.8 Å². The number of nitrogens with one attached hydrogen (secondary N) is 1. The number of carbonyl (C=O) groups is 1. The summed E-state index contributed by atoms with van der Waals surface area (Å²) in [5.74, 6) is 0.323. The van der Waals surface area contributed by atoms with Gasteiger partial charge < -0.3 is 10.4 Å². The molecular formula is C16H23ClN2O2. The van der Waals surface area contributed by atoms with Crippen LogP contribution in [0, 0.1) is 12.8 Å². The van der Waals surface area contributed by atoms with E-state index in [9.17, 15) is 9.90 Å². The molecule has 0 saturated heterocycles. The highest BCUT2D eigenvalue weighted by molar-refractivity contribution is 6.31. The second kappa shape index (κ2) is 6.77. The van der Waals surface area contributed by atoms with Crippen LogP contribution in [0.1, 0.15) is 25.3 Å². The lowest BCUT2D eigenvalue weighted by molar-refractivity contribution is -0.120. The molecule has 0 aromatic heterocycles. The Morgan fingerprint density at radius 2 is 2.19 bits per heavy atom. The van der Waals surface area contributed by atoms with Crippen molar-refractivity contribution >= 4 is 23.2 Å². The zero-order valence-corrected chi connectivity index (χ0v) is 13.5. The number of carbonyl (C=O) groups excluding carboxylic acids is 1. The van der Waals surface area contributed by atoms with Gasteiger partial charge in [-0.15, -0.1) is 0 Å². The van der Waals surface area contributed by atoms with Gasteiger partial charge in [-0.05, 0) is 57.4 Å². The zero-order chi connectivity index (χ0) is 15.6. The number of hydrogen-bond donors (Lipinski definition) is 2. The molecule has 4 nitrogen and oxygen atoms in total. The van der Waals surface area contributed by atoms with Crippen LogP contribution in [0.15, 0.2) is 18.2 Å². The van der Waals surface area contributed by atoms with Gasteiger partial charge in [0.2, 0.25) is 5.91 Å². The predicted octanol–water partition coefficient (Wildman–Crippen LogP) is 2.68. The molecule has 2 atom stereocenters. The van der Waals surface area contributed by atoms with E-state index >= 15 is 0 Å². The Bertz CT molecular complexity index is 517. The summed E-state index contributed by atoms with van der Waals surface area (Å²) in [4.78, 5) is 14.2. The molecule has 0 bridgehead atoms. The highest BCUT2D eigenvalue weighted by Gasteiger charge is 2.31. The Morgan fingerprint density at radius 3 is 2.81 bits per heavy atom. The van der Waals surface area contributed by atoms with E-state index in [1.165, 1.54) is 0 Å². The summed E-state index contributed by atoms with van der Waals surface area (Å²) in [6, 6.07) is 5.14. The third kappa shape index (κ3) is 4.19. The van der Waals surface area contributed by atoms with Crippen molar-refractivity contribution < 1.29 is 9.90 Å². The molecule has 2 unspecified atom stereocenters. The molecule has 5 heteroatoms. The predicted molar refractivity (Wildman–Crippen MR) is 85.6 cm³/mol. The van der Waals surface area contributed by atoms with Gasteiger partial charge in [0.15, 0.2) is 0 Å². The maximum Gasteiger partial charge on any atom is 0.241 e. The largest absolute Gasteiger partial charge is 0.392 e. The minimum Gasteiger partial charge on any atom is -0.392 e. The number of likely N-dealkylation sites (N-methyl/N-ethyl adjacent to an activating group) is 1. The number of nitrogens with zero attached hydrogens (tertiary/aromatic N) is 1. The van der Waals surface area contributed by atoms with Crippen LogP contribution in [0.25, 0.3) is 0 Å². The number of aliphatic hydroxyl groups excluding tert-OH is 1. The highest BCUT2D eigenvalue weighted by Crippen LogP contribution is 2.33. The summed E-state index contributed by atoms with van der Waals surface area (Å²) in [5, 5.41) is 13.5. The molecule has 1 saturated carbocycles. The molecule has 2 N–H and O–H groups in total. The van der Waals surface area contributed by atoms with Gasteiger partial charge in [-0.1, -0.05) is 17.7 Å². The fourth-order valence-corrected chi connectivity index (χ4v) is 2.44. The zero-order valence-electron chi connectivity index (χ0n) is 12.8. The maximum atomic E-state index is 12.3. The fraction of sp³-hybridized carbons (Fsp3) is 0.562. The lowest BCUT2D eigenvalue weighted by Gasteiger charge is -2.26. The van der Waals surface area contributed by atoms with E-state index in [4.69, 9.17) is 11.6 Å². The number of anilines is 1. The number of benzene rings is 1. The SMILES string of the molecule is Cc1c(Cl)cccc1NC(=O)C(C)N(C)CC(O)C1CC1. The highest BCUT2D eigenvalue weighted by atomic mass is 35.5. The second-order valence-electron chi connectivity index (χ2n) is 5.92. The molecule has 2 rings (SSSR count). The Balaban J connectivity index is 1.93. The van der Waals surface area contributed by atoms with Gasteiger partial charge in [0.25, 0.3) is 0 Å². The number of amides is 1. The van der Waals surface area contributed by atoms with Crippen LogP contribution in [-0.4, -0.2) is 41.7 Å². The maximum absolute atomic E-state index is 12.3. The standard InChI is InChI=1S/C16H23ClN2O2/c1-10-13(17)5-4-6-14(10)18-16(21)11(2)19(3)9-15(20)12-7-8-12/h4-6,11-12,15,20H,7-9H2,1-3H3,(H,18,21). The molecule has 0 radical (unpaired) electrons. The molecule has 1 aliphatic rings. The van der Waals surface area contributed by atoms with E-state index in [1.807, 2.05) is 37.9 Å². The molecular weight excluding hydrogens is 288 g/mol. The van der Waals surface area contributed by atoms with Crippen molar-refractivity contribution in [2.24, 2.45) is 5.92 Å². The van der Waals surface area contributed by atoms with Gasteiger partial charge in [0.1, 0.15) is 0 Å². The van der Waals surface area contributed by atoms with Crippen molar-refractivity contribution in [3.8, 4) is 0 Å². The van der Waals surface area contributed by atoms with Gasteiger partial charge >= 0.3 is 0 Å². The first-order chi connectivity index (χ1) is 9.90. The van der Waals surface area contributed by atoms with E-state index in [-0.39, 0.29) is 18.1 Å². The van der Waals surface area contributed by atoms with Crippen molar-refractivity contribution in [1.82, 2.24) is 4.90 Å². The van der Waals surface area contributed by atoms with Crippen LogP contribution in [0.4, 0.5) is 5.69 Å². The number of halogens is 1. The van der Waals surface area contributed by atoms with Crippen molar-refractivity contribution in [3.05, 3.63) is 28.8 Å². The molecule has 21 heavy (non-hydrogen) atoms. The minimum atomic E-state index is -0.335. The smallest absolute Gasteiger partial charge is 0.241 e. The Morgan fingerprint density at radius 1 is 1.52 bits per heavy atom. The van der Waals surface area contributed by atoms with Crippen molar-refractivity contribution in [2.75, 3.05) is 18.9 Å². The summed E-state index contributed by atoms with van der Waals surface area (Å²) in [5.41, 5.74) is 1.59. The number of hydrogen-bond acceptors (Lipinski definition) is 3. The van der Waals surface area contributed by atoms with Crippen LogP contribution < -0.4 is 5.32 Å². The van der Waals surface area contributed by atoms with Gasteiger partial charge in [-0.3, -0.25) is 9.69 Å². The molecule has 1 aliphatic carbocycles. The van der Waals surface area contributed by atoms with Crippen molar-refractivity contribution in [3.63, 3.8) is 0 Å². The first kappa shape index (κ1) is 16.3. The summed E-state index contributed by atoms with van der Waals surface area (Å²) < 4.78 is 0. The van der Waals surface area contributed by atoms with E-state index in [0.717, 1.165) is 24.1 Å². The molecule has 0 aliphatic heterocycles. The second-order valence-corrected chi connectivity index (χ2v) is 6.33. The molecule has 1 aromatic rings. The minimum absolute atomic E-state index is 0.0918. The molecule has 0 heterocycles. The average Bonchev–Trinajstić information content (AvgIpc) is 3.27. The summed E-state index contributed by atoms with van der Waals surface area (Å²) in [6.07, 6.45) is 1.85. The topological polar surface area (TPSA) is 52.6 Å². The Kier molecular flexibility index (Phi) is 5.25. The third-order valence-corrected chi connectivity index (χ3v) is 4.62. The molecule has 1 aromatic carbocycles. The van der Waals surface area contributed by atoms with Crippen LogP contribution in [0.5, 0.6) is 0 Å². The average molecular weight is 311 g/mol. The van der Waals surface area contributed by atoms with Crippen LogP contribution in [0.3, 0.4) is 0 Å². The van der Waals surface area contributed by atoms with E-state index in [1.54, 1.807) is 6.07 Å². The number of rotatable bonds is 6. The first-order valence-electron chi connectivity index (χ1n) is 7.34. The molecule has 1 fully saturated rings. The Labute approximate surface area is 131 Å². The van der Waals surface area contributed by atoms with Gasteiger partial charge in [-0.2, -0.15) is 0 Å². The van der Waals surface area contributed by atoms with Crippen LogP contribution >= 0.6 is 11.6 Å². The summed E-state index contributed by atoms with van der Waals surface area (Å²) in [7, 11) is 1.86. The van der Waals surface area contributed by atoms with E-state index in [0.29, 0.717) is 17.5 Å². The fourth-order valence-electron chi connectivity index (χ4n) is 2.26. The Hall–Kier alpha value is -1.10. The van der Waals surface area contributed by atoms with Gasteiger partial charge in [0.05, 0.1) is 12.1 Å². The van der Waals surface area contributed by atoms with Crippen molar-refractivity contribution in [1.29, 1.82) is 0 Å². The van der Waals surface area contributed by atoms with Crippen LogP contribution in [0.2, 0.25) is 5.02 Å². The van der Waals surface area contributed by atoms with Gasteiger partial charge in [-0.25, -0.2) is 0 Å². The lowest BCUT2D eigenvalue weighted by Crippen LogP contribution is -2.43.